The van der Waals surface area contributed by atoms with E-state index < -0.39 is 0 Å². The molecule has 23 heavy (non-hydrogen) atoms. The Balaban J connectivity index is 1.80. The van der Waals surface area contributed by atoms with E-state index in [1.165, 1.54) is 11.6 Å². The van der Waals surface area contributed by atoms with Gasteiger partial charge >= 0.3 is 0 Å². The Morgan fingerprint density at radius 2 is 2.00 bits per heavy atom. The quantitative estimate of drug-likeness (QED) is 0.650. The number of hydrogen-bond donors (Lipinski definition) is 2. The first-order chi connectivity index (χ1) is 11.0. The zero-order valence-corrected chi connectivity index (χ0v) is 14.0. The van der Waals surface area contributed by atoms with Crippen LogP contribution < -0.4 is 10.6 Å². The average molecular weight is 328 g/mol. The average Bonchev–Trinajstić information content (AvgIpc) is 3.05. The highest BCUT2D eigenvalue weighted by Gasteiger charge is 2.02. The second-order valence-corrected chi connectivity index (χ2v) is 5.81. The third kappa shape index (κ3) is 5.71. The molecule has 1 aromatic carbocycles. The van der Waals surface area contributed by atoms with Crippen molar-refractivity contribution in [2.24, 2.45) is 0 Å². The van der Waals surface area contributed by atoms with E-state index in [0.717, 1.165) is 11.3 Å². The van der Waals surface area contributed by atoms with Crippen LogP contribution in [0, 0.1) is 0 Å². The molecule has 0 fully saturated rings. The molecule has 1 amide bonds. The van der Waals surface area contributed by atoms with Gasteiger partial charge in [0.2, 0.25) is 5.91 Å². The molecule has 1 aromatic heterocycles. The highest BCUT2D eigenvalue weighted by molar-refractivity contribution is 7.80. The smallest absolute Gasteiger partial charge is 0.250 e. The Labute approximate surface area is 141 Å². The van der Waals surface area contributed by atoms with Crippen molar-refractivity contribution in [3.05, 3.63) is 65.6 Å². The van der Waals surface area contributed by atoms with Crippen LogP contribution in [0.2, 0.25) is 0 Å². The van der Waals surface area contributed by atoms with Crippen LogP contribution in [0.5, 0.6) is 0 Å². The lowest BCUT2D eigenvalue weighted by Gasteiger charge is -2.06. The van der Waals surface area contributed by atoms with Gasteiger partial charge in [-0.15, -0.1) is 0 Å². The Hall–Kier alpha value is -2.40. The first kappa shape index (κ1) is 17.0. The summed E-state index contributed by atoms with van der Waals surface area (Å²) in [6, 6.07) is 11.7. The fourth-order valence-corrected chi connectivity index (χ4v) is 2.12. The lowest BCUT2D eigenvalue weighted by Crippen LogP contribution is -2.37. The molecule has 2 rings (SSSR count). The van der Waals surface area contributed by atoms with Crippen molar-refractivity contribution in [3.63, 3.8) is 0 Å². The molecule has 0 aliphatic rings. The predicted octanol–water partition coefficient (Wildman–Crippen LogP) is 3.61. The number of benzene rings is 1. The van der Waals surface area contributed by atoms with Crippen LogP contribution in [0.3, 0.4) is 0 Å². The molecule has 2 N–H and O–H groups in total. The predicted molar refractivity (Wildman–Crippen MR) is 95.9 cm³/mol. The van der Waals surface area contributed by atoms with Gasteiger partial charge in [0.25, 0.3) is 0 Å². The van der Waals surface area contributed by atoms with E-state index in [1.54, 1.807) is 18.4 Å². The number of amides is 1. The van der Waals surface area contributed by atoms with Gasteiger partial charge in [-0.2, -0.15) is 0 Å². The molecule has 5 heteroatoms. The molecule has 0 spiro atoms. The summed E-state index contributed by atoms with van der Waals surface area (Å²) >= 11 is 5.06. The van der Waals surface area contributed by atoms with Gasteiger partial charge in [0.05, 0.1) is 12.8 Å². The zero-order chi connectivity index (χ0) is 16.7. The summed E-state index contributed by atoms with van der Waals surface area (Å²) < 4.78 is 5.17. The fraction of sp³-hybridized carbons (Fsp3) is 0.222. The number of rotatable bonds is 5. The van der Waals surface area contributed by atoms with E-state index in [-0.39, 0.29) is 11.0 Å². The van der Waals surface area contributed by atoms with Crippen molar-refractivity contribution in [3.8, 4) is 0 Å². The lowest BCUT2D eigenvalue weighted by atomic mass is 10.0. The van der Waals surface area contributed by atoms with Gasteiger partial charge in [-0.25, -0.2) is 0 Å². The first-order valence-electron chi connectivity index (χ1n) is 7.44. The molecule has 0 aliphatic heterocycles. The van der Waals surface area contributed by atoms with E-state index in [2.05, 4.69) is 36.6 Å². The number of furan rings is 1. The number of hydrogen-bond acceptors (Lipinski definition) is 3. The van der Waals surface area contributed by atoms with Crippen LogP contribution >= 0.6 is 12.2 Å². The van der Waals surface area contributed by atoms with Crippen LogP contribution in [-0.4, -0.2) is 11.0 Å². The van der Waals surface area contributed by atoms with Crippen molar-refractivity contribution in [1.29, 1.82) is 0 Å². The van der Waals surface area contributed by atoms with Crippen LogP contribution in [0.1, 0.15) is 36.7 Å². The van der Waals surface area contributed by atoms with E-state index in [0.29, 0.717) is 12.5 Å². The summed E-state index contributed by atoms with van der Waals surface area (Å²) in [7, 11) is 0. The molecule has 120 valence electrons. The lowest BCUT2D eigenvalue weighted by molar-refractivity contribution is -0.115. The van der Waals surface area contributed by atoms with Gasteiger partial charge in [-0.05, 0) is 47.5 Å². The summed E-state index contributed by atoms with van der Waals surface area (Å²) in [4.78, 5) is 11.8. The molecule has 0 bridgehead atoms. The van der Waals surface area contributed by atoms with E-state index in [1.807, 2.05) is 18.2 Å². The molecule has 0 unspecified atom stereocenters. The first-order valence-corrected chi connectivity index (χ1v) is 7.84. The zero-order valence-electron chi connectivity index (χ0n) is 13.2. The largest absolute Gasteiger partial charge is 0.467 e. The maximum Gasteiger partial charge on any atom is 0.250 e. The van der Waals surface area contributed by atoms with Gasteiger partial charge in [0, 0.05) is 6.08 Å². The maximum absolute atomic E-state index is 11.8. The minimum absolute atomic E-state index is 0.269. The third-order valence-corrected chi connectivity index (χ3v) is 3.52. The standard InChI is InChI=1S/C18H20N2O2S/c1-13(2)15-8-5-14(6-9-15)7-10-17(21)20-18(23)19-12-16-4-3-11-22-16/h3-11,13H,12H2,1-2H3,(H2,19,20,21,23)/b10-7+. The number of thiocarbonyl (C=S) groups is 1. The van der Waals surface area contributed by atoms with Crippen LogP contribution in [0.4, 0.5) is 0 Å². The Kier molecular flexibility index (Phi) is 6.11. The monoisotopic (exact) mass is 328 g/mol. The normalized spacial score (nSPS) is 10.9. The summed E-state index contributed by atoms with van der Waals surface area (Å²) in [5.74, 6) is 0.978. The van der Waals surface area contributed by atoms with Crippen LogP contribution in [0.25, 0.3) is 6.08 Å². The highest BCUT2D eigenvalue weighted by Crippen LogP contribution is 2.15. The maximum atomic E-state index is 11.8. The molecule has 0 saturated carbocycles. The molecular weight excluding hydrogens is 308 g/mol. The summed E-state index contributed by atoms with van der Waals surface area (Å²) in [6.07, 6.45) is 4.81. The fourth-order valence-electron chi connectivity index (χ4n) is 1.94. The molecule has 2 aromatic rings. The molecule has 0 radical (unpaired) electrons. The van der Waals surface area contributed by atoms with E-state index in [9.17, 15) is 4.79 Å². The van der Waals surface area contributed by atoms with Crippen molar-refractivity contribution in [2.45, 2.75) is 26.3 Å². The molecule has 1 heterocycles. The summed E-state index contributed by atoms with van der Waals surface area (Å²) in [5, 5.41) is 5.77. The third-order valence-electron chi connectivity index (χ3n) is 3.27. The van der Waals surface area contributed by atoms with Crippen LogP contribution in [0.15, 0.2) is 53.2 Å². The van der Waals surface area contributed by atoms with E-state index in [4.69, 9.17) is 16.6 Å². The van der Waals surface area contributed by atoms with Crippen molar-refractivity contribution in [2.75, 3.05) is 0 Å². The van der Waals surface area contributed by atoms with Crippen molar-refractivity contribution < 1.29 is 9.21 Å². The molecule has 0 saturated heterocycles. The Morgan fingerprint density at radius 1 is 1.26 bits per heavy atom. The second-order valence-electron chi connectivity index (χ2n) is 5.41. The van der Waals surface area contributed by atoms with Gasteiger partial charge in [-0.1, -0.05) is 38.1 Å². The van der Waals surface area contributed by atoms with Gasteiger partial charge < -0.3 is 9.73 Å². The van der Waals surface area contributed by atoms with Crippen molar-refractivity contribution >= 4 is 29.3 Å². The number of carbonyl (C=O) groups excluding carboxylic acids is 1. The minimum Gasteiger partial charge on any atom is -0.467 e. The molecule has 0 aliphatic carbocycles. The minimum atomic E-state index is -0.269. The summed E-state index contributed by atoms with van der Waals surface area (Å²) in [6.45, 7) is 4.73. The van der Waals surface area contributed by atoms with Crippen LogP contribution in [-0.2, 0) is 11.3 Å². The van der Waals surface area contributed by atoms with Gasteiger partial charge in [-0.3, -0.25) is 10.1 Å². The Morgan fingerprint density at radius 3 is 2.61 bits per heavy atom. The van der Waals surface area contributed by atoms with Gasteiger partial charge in [0.1, 0.15) is 5.76 Å². The van der Waals surface area contributed by atoms with E-state index >= 15 is 0 Å². The Bertz CT molecular complexity index is 674. The number of nitrogens with one attached hydrogen (secondary N) is 2. The SMILES string of the molecule is CC(C)c1ccc(/C=C/C(=O)NC(=S)NCc2ccco2)cc1. The van der Waals surface area contributed by atoms with Crippen molar-refractivity contribution in [1.82, 2.24) is 10.6 Å². The molecular formula is C18H20N2O2S. The second kappa shape index (κ2) is 8.29. The topological polar surface area (TPSA) is 54.3 Å². The van der Waals surface area contributed by atoms with Gasteiger partial charge in [0.15, 0.2) is 5.11 Å². The molecule has 4 nitrogen and oxygen atoms in total. The molecule has 0 atom stereocenters. The number of carbonyl (C=O) groups is 1. The summed E-state index contributed by atoms with van der Waals surface area (Å²) in [5.41, 5.74) is 2.24. The highest BCUT2D eigenvalue weighted by atomic mass is 32.1.